The lowest BCUT2D eigenvalue weighted by atomic mass is 9.52. The lowest BCUT2D eigenvalue weighted by Gasteiger charge is -2.60. The summed E-state index contributed by atoms with van der Waals surface area (Å²) in [6, 6.07) is 0. The molecule has 0 radical (unpaired) electrons. The second-order valence-corrected chi connectivity index (χ2v) is 13.6. The molecule has 0 saturated heterocycles. The first-order chi connectivity index (χ1) is 17.8. The Bertz CT molecular complexity index is 852. The zero-order chi connectivity index (χ0) is 27.7. The van der Waals surface area contributed by atoms with Crippen LogP contribution in [-0.4, -0.2) is 82.1 Å². The molecule has 3 N–H and O–H groups in total. The molecular formula is C27H42Cl2F2N2O5. The Kier molecular flexibility index (Phi) is 9.55. The quantitative estimate of drug-likeness (QED) is 0.356. The van der Waals surface area contributed by atoms with Crippen molar-refractivity contribution in [3.05, 3.63) is 0 Å². The largest absolute Gasteiger partial charge is 0.390 e. The molecule has 5 saturated carbocycles. The molecule has 0 aromatic carbocycles. The summed E-state index contributed by atoms with van der Waals surface area (Å²) in [4.78, 5) is 25.8. The van der Waals surface area contributed by atoms with Gasteiger partial charge in [-0.05, 0) is 71.6 Å². The Hall–Kier alpha value is -0.740. The summed E-state index contributed by atoms with van der Waals surface area (Å²) in [6.07, 6.45) is 2.76. The number of alkyl halides is 4. The van der Waals surface area contributed by atoms with Gasteiger partial charge in [0.15, 0.2) is 0 Å². The second-order valence-electron chi connectivity index (χ2n) is 12.5. The maximum Gasteiger partial charge on any atom is 0.246 e. The van der Waals surface area contributed by atoms with Gasteiger partial charge in [0.05, 0.1) is 28.6 Å². The van der Waals surface area contributed by atoms with Crippen LogP contribution in [0.1, 0.15) is 84.5 Å². The fourth-order valence-electron chi connectivity index (χ4n) is 7.05. The summed E-state index contributed by atoms with van der Waals surface area (Å²) < 4.78 is 39.3. The van der Waals surface area contributed by atoms with Crippen molar-refractivity contribution in [2.45, 2.75) is 136 Å². The second kappa shape index (κ2) is 12.0. The zero-order valence-electron chi connectivity index (χ0n) is 22.3. The summed E-state index contributed by atoms with van der Waals surface area (Å²) >= 11 is 11.9. The van der Waals surface area contributed by atoms with Crippen molar-refractivity contribution in [1.29, 1.82) is 0 Å². The zero-order valence-corrected chi connectivity index (χ0v) is 23.8. The van der Waals surface area contributed by atoms with Crippen molar-refractivity contribution in [1.82, 2.24) is 10.6 Å². The number of carbonyl (C=O) groups excluding carboxylic acids is 2. The van der Waals surface area contributed by atoms with Crippen LogP contribution in [0.4, 0.5) is 8.78 Å². The van der Waals surface area contributed by atoms with Crippen LogP contribution >= 0.6 is 23.2 Å². The van der Waals surface area contributed by atoms with Gasteiger partial charge in [-0.15, -0.1) is 23.2 Å². The van der Waals surface area contributed by atoms with Gasteiger partial charge in [-0.3, -0.25) is 9.59 Å². The molecule has 2 bridgehead atoms. The van der Waals surface area contributed by atoms with E-state index < -0.39 is 39.8 Å². The highest BCUT2D eigenvalue weighted by molar-refractivity contribution is 6.21. The van der Waals surface area contributed by atoms with Gasteiger partial charge in [-0.2, -0.15) is 0 Å². The van der Waals surface area contributed by atoms with Crippen LogP contribution in [0.5, 0.6) is 0 Å². The molecule has 0 heterocycles. The van der Waals surface area contributed by atoms with E-state index >= 15 is 0 Å². The van der Waals surface area contributed by atoms with Crippen LogP contribution in [0.3, 0.4) is 0 Å². The predicted octanol–water partition coefficient (Wildman–Crippen LogP) is 4.09. The molecule has 7 unspecified atom stereocenters. The SMILES string of the molecule is CC(C)(O)C1CC2(NC(=O)COC3CCC(Cl)C(F)C3)CCC1(NC(=O)COC1CCC(Cl)C(F)C1)CC2. The van der Waals surface area contributed by atoms with Crippen LogP contribution in [0, 0.1) is 5.92 Å². The van der Waals surface area contributed by atoms with E-state index in [9.17, 15) is 23.5 Å². The Morgan fingerprint density at radius 2 is 1.34 bits per heavy atom. The van der Waals surface area contributed by atoms with Crippen LogP contribution < -0.4 is 10.6 Å². The third-order valence-corrected chi connectivity index (χ3v) is 10.2. The molecule has 5 aliphatic rings. The molecule has 5 rings (SSSR count). The Morgan fingerprint density at radius 1 is 0.868 bits per heavy atom. The van der Waals surface area contributed by atoms with Gasteiger partial charge in [-0.25, -0.2) is 8.78 Å². The van der Waals surface area contributed by atoms with Crippen LogP contribution in [-0.2, 0) is 19.1 Å². The first-order valence-electron chi connectivity index (χ1n) is 13.9. The molecule has 5 aliphatic carbocycles. The molecular weight excluding hydrogens is 541 g/mol. The molecule has 11 heteroatoms. The average Bonchev–Trinajstić information content (AvgIpc) is 2.85. The highest BCUT2D eigenvalue weighted by atomic mass is 35.5. The number of amides is 2. The first-order valence-corrected chi connectivity index (χ1v) is 14.8. The summed E-state index contributed by atoms with van der Waals surface area (Å²) in [5.74, 6) is -0.837. The van der Waals surface area contributed by atoms with Gasteiger partial charge < -0.3 is 25.2 Å². The molecule has 7 nitrogen and oxygen atoms in total. The number of halogens is 4. The molecule has 0 aromatic heterocycles. The van der Waals surface area contributed by atoms with E-state index in [-0.39, 0.29) is 56.0 Å². The number of fused-ring (bicyclic) bond motifs is 3. The van der Waals surface area contributed by atoms with Gasteiger partial charge >= 0.3 is 0 Å². The topological polar surface area (TPSA) is 96.9 Å². The molecule has 2 amide bonds. The fourth-order valence-corrected chi connectivity index (χ4v) is 7.51. The minimum absolute atomic E-state index is 0.149. The van der Waals surface area contributed by atoms with Crippen molar-refractivity contribution < 1.29 is 33.0 Å². The maximum absolute atomic E-state index is 13.9. The fraction of sp³-hybridized carbons (Fsp3) is 0.926. The summed E-state index contributed by atoms with van der Waals surface area (Å²) in [6.45, 7) is 3.14. The lowest BCUT2D eigenvalue weighted by Crippen LogP contribution is -2.71. The number of nitrogens with one attached hydrogen (secondary N) is 2. The molecule has 5 fully saturated rings. The summed E-state index contributed by atoms with van der Waals surface area (Å²) in [7, 11) is 0. The Labute approximate surface area is 234 Å². The van der Waals surface area contributed by atoms with Gasteiger partial charge in [0, 0.05) is 29.8 Å². The molecule has 0 spiro atoms. The third-order valence-electron chi connectivity index (χ3n) is 9.20. The molecule has 38 heavy (non-hydrogen) atoms. The van der Waals surface area contributed by atoms with E-state index in [4.69, 9.17) is 32.7 Å². The summed E-state index contributed by atoms with van der Waals surface area (Å²) in [5, 5.41) is 16.4. The van der Waals surface area contributed by atoms with Crippen molar-refractivity contribution >= 4 is 35.0 Å². The van der Waals surface area contributed by atoms with E-state index in [1.54, 1.807) is 13.8 Å². The van der Waals surface area contributed by atoms with Gasteiger partial charge in [0.2, 0.25) is 11.8 Å². The molecule has 218 valence electrons. The van der Waals surface area contributed by atoms with Crippen molar-refractivity contribution in [2.24, 2.45) is 5.92 Å². The van der Waals surface area contributed by atoms with Gasteiger partial charge in [-0.1, -0.05) is 0 Å². The van der Waals surface area contributed by atoms with Crippen molar-refractivity contribution in [2.75, 3.05) is 13.2 Å². The molecule has 0 aromatic rings. The Balaban J connectivity index is 1.31. The van der Waals surface area contributed by atoms with E-state index in [0.717, 1.165) is 0 Å². The molecule has 7 atom stereocenters. The molecule has 0 aliphatic heterocycles. The van der Waals surface area contributed by atoms with Crippen LogP contribution in [0.2, 0.25) is 0 Å². The van der Waals surface area contributed by atoms with Crippen molar-refractivity contribution in [3.63, 3.8) is 0 Å². The third kappa shape index (κ3) is 7.12. The monoisotopic (exact) mass is 582 g/mol. The van der Waals surface area contributed by atoms with Crippen molar-refractivity contribution in [3.8, 4) is 0 Å². The minimum atomic E-state index is -1.14. The maximum atomic E-state index is 13.9. The van der Waals surface area contributed by atoms with E-state index in [0.29, 0.717) is 57.8 Å². The normalized spacial score (nSPS) is 41.5. The predicted molar refractivity (Wildman–Crippen MR) is 141 cm³/mol. The number of hydrogen-bond donors (Lipinski definition) is 3. The number of aliphatic hydroxyl groups is 1. The highest BCUT2D eigenvalue weighted by Crippen LogP contribution is 2.53. The number of rotatable bonds is 9. The highest BCUT2D eigenvalue weighted by Gasteiger charge is 2.59. The van der Waals surface area contributed by atoms with E-state index in [2.05, 4.69) is 10.6 Å². The summed E-state index contributed by atoms with van der Waals surface area (Å²) in [5.41, 5.74) is -2.22. The average molecular weight is 584 g/mol. The Morgan fingerprint density at radius 3 is 1.79 bits per heavy atom. The lowest BCUT2D eigenvalue weighted by molar-refractivity contribution is -0.147. The van der Waals surface area contributed by atoms with Gasteiger partial charge in [0.1, 0.15) is 25.6 Å². The first kappa shape index (κ1) is 30.2. The van der Waals surface area contributed by atoms with E-state index in [1.807, 2.05) is 0 Å². The van der Waals surface area contributed by atoms with Crippen LogP contribution in [0.25, 0.3) is 0 Å². The van der Waals surface area contributed by atoms with E-state index in [1.165, 1.54) is 0 Å². The number of ether oxygens (including phenoxy) is 2. The van der Waals surface area contributed by atoms with Crippen LogP contribution in [0.15, 0.2) is 0 Å². The minimum Gasteiger partial charge on any atom is -0.390 e. The van der Waals surface area contributed by atoms with Gasteiger partial charge in [0.25, 0.3) is 0 Å². The number of hydrogen-bond acceptors (Lipinski definition) is 5. The smallest absolute Gasteiger partial charge is 0.246 e. The standard InChI is InChI=1S/C27H42Cl2F2N2O5/c1-25(2,36)22-13-26(32-23(34)14-37-16-3-5-18(28)20(30)11-16)7-9-27(22,10-8-26)33-24(35)15-38-17-4-6-19(29)21(31)12-17/h16-22,36H,3-15H2,1-2H3,(H,32,34)(H,33,35). The number of carbonyl (C=O) groups is 2.